The second-order valence-electron chi connectivity index (χ2n) is 2.89. The number of carboxylic acids is 1. The van der Waals surface area contributed by atoms with Gasteiger partial charge in [-0.25, -0.2) is 0 Å². The van der Waals surface area contributed by atoms with Gasteiger partial charge in [-0.15, -0.1) is 0 Å². The van der Waals surface area contributed by atoms with Gasteiger partial charge in [0.15, 0.2) is 0 Å². The number of amides is 1. The predicted molar refractivity (Wildman–Crippen MR) is 53.1 cm³/mol. The van der Waals surface area contributed by atoms with Gasteiger partial charge >= 0.3 is 5.97 Å². The monoisotopic (exact) mass is 209 g/mol. The molecule has 0 atom stereocenters. The number of rotatable bonds is 4. The quantitative estimate of drug-likeness (QED) is 0.719. The summed E-state index contributed by atoms with van der Waals surface area (Å²) in [5.41, 5.74) is 0. The Kier molecular flexibility index (Phi) is 3.68. The first-order valence-corrected chi connectivity index (χ1v) is 4.32. The SMILES string of the molecule is Cc1ccc(/C=C/C(=O)NCC(=O)O)o1. The van der Waals surface area contributed by atoms with E-state index in [0.29, 0.717) is 5.76 Å². The number of carbonyl (C=O) groups is 2. The number of hydrogen-bond acceptors (Lipinski definition) is 3. The van der Waals surface area contributed by atoms with Crippen molar-refractivity contribution in [2.24, 2.45) is 0 Å². The van der Waals surface area contributed by atoms with Crippen LogP contribution in [-0.4, -0.2) is 23.5 Å². The standard InChI is InChI=1S/C10H11NO4/c1-7-2-3-8(15-7)4-5-9(12)11-6-10(13)14/h2-5H,6H2,1H3,(H,11,12)(H,13,14)/b5-4+. The molecular formula is C10H11NO4. The number of aliphatic carboxylic acids is 1. The highest BCUT2D eigenvalue weighted by molar-refractivity contribution is 5.93. The van der Waals surface area contributed by atoms with Gasteiger partial charge in [0, 0.05) is 6.08 Å². The highest BCUT2D eigenvalue weighted by Crippen LogP contribution is 2.07. The first-order valence-electron chi connectivity index (χ1n) is 4.32. The van der Waals surface area contributed by atoms with Crippen molar-refractivity contribution < 1.29 is 19.1 Å². The molecule has 1 rings (SSSR count). The molecule has 0 saturated heterocycles. The summed E-state index contributed by atoms with van der Waals surface area (Å²) in [5.74, 6) is -0.240. The number of furan rings is 1. The van der Waals surface area contributed by atoms with Crippen molar-refractivity contribution in [3.05, 3.63) is 29.7 Å². The zero-order chi connectivity index (χ0) is 11.3. The van der Waals surface area contributed by atoms with Gasteiger partial charge in [0.1, 0.15) is 18.1 Å². The Balaban J connectivity index is 2.44. The summed E-state index contributed by atoms with van der Waals surface area (Å²) in [6.45, 7) is 1.40. The number of hydrogen-bond donors (Lipinski definition) is 2. The third kappa shape index (κ3) is 4.12. The zero-order valence-electron chi connectivity index (χ0n) is 8.19. The first-order chi connectivity index (χ1) is 7.08. The molecular weight excluding hydrogens is 198 g/mol. The maximum atomic E-state index is 11.0. The molecule has 5 nitrogen and oxygen atoms in total. The minimum Gasteiger partial charge on any atom is -0.480 e. The Morgan fingerprint density at radius 1 is 1.53 bits per heavy atom. The lowest BCUT2D eigenvalue weighted by atomic mass is 10.4. The van der Waals surface area contributed by atoms with Crippen LogP contribution < -0.4 is 5.32 Å². The molecule has 2 N–H and O–H groups in total. The van der Waals surface area contributed by atoms with Crippen molar-refractivity contribution in [2.75, 3.05) is 6.54 Å². The van der Waals surface area contributed by atoms with Crippen molar-refractivity contribution in [1.82, 2.24) is 5.32 Å². The van der Waals surface area contributed by atoms with Crippen LogP contribution >= 0.6 is 0 Å². The molecule has 0 spiro atoms. The van der Waals surface area contributed by atoms with Gasteiger partial charge in [-0.1, -0.05) is 0 Å². The molecule has 0 aliphatic rings. The van der Waals surface area contributed by atoms with Crippen LogP contribution in [-0.2, 0) is 9.59 Å². The Morgan fingerprint density at radius 3 is 2.80 bits per heavy atom. The van der Waals surface area contributed by atoms with Gasteiger partial charge in [-0.05, 0) is 25.1 Å². The third-order valence-corrected chi connectivity index (χ3v) is 1.57. The molecule has 0 saturated carbocycles. The maximum Gasteiger partial charge on any atom is 0.322 e. The topological polar surface area (TPSA) is 79.5 Å². The van der Waals surface area contributed by atoms with E-state index < -0.39 is 11.9 Å². The van der Waals surface area contributed by atoms with Gasteiger partial charge in [0.05, 0.1) is 0 Å². The van der Waals surface area contributed by atoms with Crippen molar-refractivity contribution in [3.8, 4) is 0 Å². The second-order valence-corrected chi connectivity index (χ2v) is 2.89. The summed E-state index contributed by atoms with van der Waals surface area (Å²) < 4.78 is 5.18. The fourth-order valence-corrected chi connectivity index (χ4v) is 0.922. The smallest absolute Gasteiger partial charge is 0.322 e. The summed E-state index contributed by atoms with van der Waals surface area (Å²) in [5, 5.41) is 10.5. The van der Waals surface area contributed by atoms with Crippen molar-refractivity contribution >= 4 is 18.0 Å². The fraction of sp³-hybridized carbons (Fsp3) is 0.200. The molecule has 0 aliphatic carbocycles. The van der Waals surface area contributed by atoms with Gasteiger partial charge < -0.3 is 14.8 Å². The minimum absolute atomic E-state index is 0.389. The Labute approximate surface area is 86.4 Å². The molecule has 0 unspecified atom stereocenters. The van der Waals surface area contributed by atoms with Gasteiger partial charge in [0.2, 0.25) is 5.91 Å². The van der Waals surface area contributed by atoms with E-state index >= 15 is 0 Å². The fourth-order valence-electron chi connectivity index (χ4n) is 0.922. The van der Waals surface area contributed by atoms with E-state index in [1.165, 1.54) is 12.2 Å². The molecule has 0 fully saturated rings. The third-order valence-electron chi connectivity index (χ3n) is 1.57. The van der Waals surface area contributed by atoms with E-state index in [9.17, 15) is 9.59 Å². The summed E-state index contributed by atoms with van der Waals surface area (Å²) in [7, 11) is 0. The first kappa shape index (κ1) is 11.0. The van der Waals surface area contributed by atoms with Crippen molar-refractivity contribution in [1.29, 1.82) is 0 Å². The van der Waals surface area contributed by atoms with Crippen LogP contribution in [0.25, 0.3) is 6.08 Å². The average Bonchev–Trinajstić information content (AvgIpc) is 2.58. The number of aryl methyl sites for hydroxylation is 1. The molecule has 1 amide bonds. The van der Waals surface area contributed by atoms with E-state index in [1.807, 2.05) is 0 Å². The zero-order valence-corrected chi connectivity index (χ0v) is 8.19. The molecule has 15 heavy (non-hydrogen) atoms. The molecule has 80 valence electrons. The van der Waals surface area contributed by atoms with Crippen LogP contribution in [0.3, 0.4) is 0 Å². The number of carbonyl (C=O) groups excluding carboxylic acids is 1. The van der Waals surface area contributed by atoms with Crippen molar-refractivity contribution in [3.63, 3.8) is 0 Å². The molecule has 0 bridgehead atoms. The Bertz CT molecular complexity index is 392. The molecule has 1 aromatic rings. The van der Waals surface area contributed by atoms with Crippen LogP contribution in [0.4, 0.5) is 0 Å². The molecule has 0 aliphatic heterocycles. The molecule has 1 heterocycles. The van der Waals surface area contributed by atoms with Crippen molar-refractivity contribution in [2.45, 2.75) is 6.92 Å². The number of nitrogens with one attached hydrogen (secondary N) is 1. The van der Waals surface area contributed by atoms with E-state index in [4.69, 9.17) is 9.52 Å². The Hall–Kier alpha value is -2.04. The highest BCUT2D eigenvalue weighted by Gasteiger charge is 1.99. The maximum absolute atomic E-state index is 11.0. The van der Waals surface area contributed by atoms with Gasteiger partial charge in [-0.3, -0.25) is 9.59 Å². The van der Waals surface area contributed by atoms with Crippen LogP contribution in [0.2, 0.25) is 0 Å². The molecule has 0 radical (unpaired) electrons. The number of carboxylic acid groups (broad SMARTS) is 1. The predicted octanol–water partition coefficient (Wildman–Crippen LogP) is 0.802. The van der Waals surface area contributed by atoms with Gasteiger partial charge in [0.25, 0.3) is 0 Å². The van der Waals surface area contributed by atoms with E-state index in [-0.39, 0.29) is 6.54 Å². The van der Waals surface area contributed by atoms with Gasteiger partial charge in [-0.2, -0.15) is 0 Å². The van der Waals surface area contributed by atoms with E-state index in [0.717, 1.165) is 5.76 Å². The molecule has 5 heteroatoms. The lowest BCUT2D eigenvalue weighted by molar-refractivity contribution is -0.137. The summed E-state index contributed by atoms with van der Waals surface area (Å²) in [6, 6.07) is 3.49. The average molecular weight is 209 g/mol. The van der Waals surface area contributed by atoms with E-state index in [2.05, 4.69) is 5.32 Å². The molecule has 1 aromatic heterocycles. The highest BCUT2D eigenvalue weighted by atomic mass is 16.4. The normalized spacial score (nSPS) is 10.5. The minimum atomic E-state index is -1.08. The lowest BCUT2D eigenvalue weighted by Gasteiger charge is -1.95. The summed E-state index contributed by atoms with van der Waals surface area (Å²) in [4.78, 5) is 21.1. The summed E-state index contributed by atoms with van der Waals surface area (Å²) in [6.07, 6.45) is 2.70. The lowest BCUT2D eigenvalue weighted by Crippen LogP contribution is -2.27. The van der Waals surface area contributed by atoms with Crippen LogP contribution in [0.1, 0.15) is 11.5 Å². The molecule has 0 aromatic carbocycles. The van der Waals surface area contributed by atoms with E-state index in [1.54, 1.807) is 19.1 Å². The van der Waals surface area contributed by atoms with Crippen LogP contribution in [0, 0.1) is 6.92 Å². The van der Waals surface area contributed by atoms with Crippen LogP contribution in [0.5, 0.6) is 0 Å². The largest absolute Gasteiger partial charge is 0.480 e. The summed E-state index contributed by atoms with van der Waals surface area (Å²) >= 11 is 0. The van der Waals surface area contributed by atoms with Crippen LogP contribution in [0.15, 0.2) is 22.6 Å². The second kappa shape index (κ2) is 4.99. The Morgan fingerprint density at radius 2 is 2.27 bits per heavy atom.